The van der Waals surface area contributed by atoms with E-state index in [0.717, 1.165) is 37.9 Å². The van der Waals surface area contributed by atoms with Gasteiger partial charge in [-0.3, -0.25) is 4.79 Å². The number of carbonyl (C=O) groups excluding carboxylic acids is 1. The van der Waals surface area contributed by atoms with Crippen LogP contribution >= 0.6 is 0 Å². The molecule has 0 heterocycles. The molecule has 3 nitrogen and oxygen atoms in total. The lowest BCUT2D eigenvalue weighted by Gasteiger charge is -2.41. The predicted octanol–water partition coefficient (Wildman–Crippen LogP) is 3.50. The highest BCUT2D eigenvalue weighted by molar-refractivity contribution is 5.70. The molecule has 0 bridgehead atoms. The molecule has 19 heavy (non-hydrogen) atoms. The fourth-order valence-corrected chi connectivity index (χ4v) is 2.48. The Morgan fingerprint density at radius 2 is 1.95 bits per heavy atom. The van der Waals surface area contributed by atoms with E-state index in [1.54, 1.807) is 0 Å². The van der Waals surface area contributed by atoms with E-state index < -0.39 is 0 Å². The van der Waals surface area contributed by atoms with Gasteiger partial charge in [0.1, 0.15) is 11.4 Å². The van der Waals surface area contributed by atoms with Crippen molar-refractivity contribution >= 4 is 5.97 Å². The Morgan fingerprint density at radius 3 is 2.42 bits per heavy atom. The summed E-state index contributed by atoms with van der Waals surface area (Å²) in [6.45, 7) is 2.17. The second kappa shape index (κ2) is 6.09. The molecule has 0 amide bonds. The summed E-state index contributed by atoms with van der Waals surface area (Å²) in [5, 5.41) is 0. The molecule has 2 rings (SSSR count). The zero-order valence-electron chi connectivity index (χ0n) is 11.8. The normalized spacial score (nSPS) is 16.5. The van der Waals surface area contributed by atoms with E-state index in [4.69, 9.17) is 9.47 Å². The van der Waals surface area contributed by atoms with Gasteiger partial charge in [-0.15, -0.1) is 0 Å². The number of aryl methyl sites for hydroxylation is 1. The Bertz CT molecular complexity index is 418. The monoisotopic (exact) mass is 262 g/mol. The highest BCUT2D eigenvalue weighted by Gasteiger charge is 2.41. The van der Waals surface area contributed by atoms with Gasteiger partial charge in [-0.1, -0.05) is 25.5 Å². The van der Waals surface area contributed by atoms with Gasteiger partial charge >= 0.3 is 5.97 Å². The molecule has 1 aromatic carbocycles. The van der Waals surface area contributed by atoms with Crippen LogP contribution in [0.25, 0.3) is 0 Å². The summed E-state index contributed by atoms with van der Waals surface area (Å²) in [5.41, 5.74) is 0.991. The van der Waals surface area contributed by atoms with E-state index in [1.165, 1.54) is 12.7 Å². The topological polar surface area (TPSA) is 35.5 Å². The number of rotatable bonds is 6. The fourth-order valence-electron chi connectivity index (χ4n) is 2.48. The van der Waals surface area contributed by atoms with Crippen molar-refractivity contribution in [2.75, 3.05) is 7.11 Å². The number of esters is 1. The van der Waals surface area contributed by atoms with Gasteiger partial charge in [0.25, 0.3) is 0 Å². The average Bonchev–Trinajstić information content (AvgIpc) is 2.38. The summed E-state index contributed by atoms with van der Waals surface area (Å²) < 4.78 is 10.8. The molecule has 0 aliphatic heterocycles. The molecule has 0 radical (unpaired) electrons. The first-order valence-corrected chi connectivity index (χ1v) is 7.02. The van der Waals surface area contributed by atoms with Crippen LogP contribution in [-0.2, 0) is 16.0 Å². The predicted molar refractivity (Wildman–Crippen MR) is 74.3 cm³/mol. The molecule has 1 fully saturated rings. The van der Waals surface area contributed by atoms with Crippen molar-refractivity contribution in [1.29, 1.82) is 0 Å². The Balaban J connectivity index is 1.99. The van der Waals surface area contributed by atoms with Crippen molar-refractivity contribution in [3.63, 3.8) is 0 Å². The Hall–Kier alpha value is -1.51. The maximum Gasteiger partial charge on any atom is 0.309 e. The zero-order valence-corrected chi connectivity index (χ0v) is 11.8. The molecule has 0 aromatic heterocycles. The van der Waals surface area contributed by atoms with Crippen LogP contribution in [0.3, 0.4) is 0 Å². The van der Waals surface area contributed by atoms with Crippen molar-refractivity contribution in [2.45, 2.75) is 51.0 Å². The molecule has 0 spiro atoms. The number of hydrogen-bond acceptors (Lipinski definition) is 3. The minimum Gasteiger partial charge on any atom is -0.487 e. The van der Waals surface area contributed by atoms with E-state index in [0.29, 0.717) is 6.42 Å². The Labute approximate surface area is 114 Å². The molecule has 0 N–H and O–H groups in total. The molecular formula is C16H22O3. The first kappa shape index (κ1) is 13.9. The van der Waals surface area contributed by atoms with Gasteiger partial charge in [-0.05, 0) is 43.4 Å². The van der Waals surface area contributed by atoms with Crippen LogP contribution in [0.2, 0.25) is 0 Å². The van der Waals surface area contributed by atoms with E-state index in [2.05, 4.69) is 19.1 Å². The third-order valence-corrected chi connectivity index (χ3v) is 3.76. The molecule has 1 saturated carbocycles. The van der Waals surface area contributed by atoms with E-state index in [-0.39, 0.29) is 11.6 Å². The lowest BCUT2D eigenvalue weighted by molar-refractivity contribution is -0.148. The smallest absolute Gasteiger partial charge is 0.309 e. The molecule has 1 aliphatic carbocycles. The van der Waals surface area contributed by atoms with Crippen molar-refractivity contribution in [2.24, 2.45) is 0 Å². The first-order valence-electron chi connectivity index (χ1n) is 7.02. The third kappa shape index (κ3) is 3.49. The minimum absolute atomic E-state index is 0.192. The molecule has 1 aromatic rings. The second-order valence-corrected chi connectivity index (χ2v) is 5.29. The summed E-state index contributed by atoms with van der Waals surface area (Å²) >= 11 is 0. The molecule has 0 saturated heterocycles. The second-order valence-electron chi connectivity index (χ2n) is 5.29. The fraction of sp³-hybridized carbons (Fsp3) is 0.562. The summed E-state index contributed by atoms with van der Waals surface area (Å²) in [6, 6.07) is 8.21. The number of methoxy groups -OCH3 is 1. The standard InChI is InChI=1S/C16H22O3/c1-3-5-13-6-8-14(9-7-13)19-16(10-4-11-16)12-15(17)18-2/h6-9H,3-5,10-12H2,1-2H3. The first-order chi connectivity index (χ1) is 9.17. The third-order valence-electron chi connectivity index (χ3n) is 3.76. The number of hydrogen-bond donors (Lipinski definition) is 0. The molecule has 0 atom stereocenters. The maximum atomic E-state index is 11.4. The molecule has 104 valence electrons. The van der Waals surface area contributed by atoms with Crippen LogP contribution in [0, 0.1) is 0 Å². The number of benzene rings is 1. The van der Waals surface area contributed by atoms with Gasteiger partial charge in [0.15, 0.2) is 0 Å². The molecule has 1 aliphatic rings. The zero-order chi connectivity index (χ0) is 13.7. The van der Waals surface area contributed by atoms with Gasteiger partial charge in [0.05, 0.1) is 13.5 Å². The van der Waals surface area contributed by atoms with Gasteiger partial charge < -0.3 is 9.47 Å². The summed E-state index contributed by atoms with van der Waals surface area (Å²) in [6.07, 6.45) is 5.56. The lowest BCUT2D eigenvalue weighted by Crippen LogP contribution is -2.45. The van der Waals surface area contributed by atoms with Crippen LogP contribution in [-0.4, -0.2) is 18.7 Å². The highest BCUT2D eigenvalue weighted by atomic mass is 16.5. The van der Waals surface area contributed by atoms with Crippen molar-refractivity contribution in [3.8, 4) is 5.75 Å². The summed E-state index contributed by atoms with van der Waals surface area (Å²) in [7, 11) is 1.42. The number of ether oxygens (including phenoxy) is 2. The van der Waals surface area contributed by atoms with Crippen LogP contribution in [0.1, 0.15) is 44.6 Å². The minimum atomic E-state index is -0.334. The van der Waals surface area contributed by atoms with Gasteiger partial charge in [-0.25, -0.2) is 0 Å². The lowest BCUT2D eigenvalue weighted by atomic mass is 9.77. The van der Waals surface area contributed by atoms with Crippen molar-refractivity contribution < 1.29 is 14.3 Å². The molecular weight excluding hydrogens is 240 g/mol. The van der Waals surface area contributed by atoms with Crippen molar-refractivity contribution in [1.82, 2.24) is 0 Å². The van der Waals surface area contributed by atoms with Crippen LogP contribution in [0.5, 0.6) is 5.75 Å². The van der Waals surface area contributed by atoms with Gasteiger partial charge in [0.2, 0.25) is 0 Å². The molecule has 3 heteroatoms. The van der Waals surface area contributed by atoms with Crippen LogP contribution in [0.15, 0.2) is 24.3 Å². The van der Waals surface area contributed by atoms with Gasteiger partial charge in [-0.2, -0.15) is 0 Å². The number of carbonyl (C=O) groups is 1. The summed E-state index contributed by atoms with van der Waals surface area (Å²) in [4.78, 5) is 11.4. The van der Waals surface area contributed by atoms with E-state index >= 15 is 0 Å². The largest absolute Gasteiger partial charge is 0.487 e. The van der Waals surface area contributed by atoms with Crippen LogP contribution < -0.4 is 4.74 Å². The maximum absolute atomic E-state index is 11.4. The average molecular weight is 262 g/mol. The van der Waals surface area contributed by atoms with Gasteiger partial charge in [0, 0.05) is 0 Å². The Kier molecular flexibility index (Phi) is 4.46. The Morgan fingerprint density at radius 1 is 1.26 bits per heavy atom. The van der Waals surface area contributed by atoms with Crippen molar-refractivity contribution in [3.05, 3.63) is 29.8 Å². The summed E-state index contributed by atoms with van der Waals surface area (Å²) in [5.74, 6) is 0.658. The highest BCUT2D eigenvalue weighted by Crippen LogP contribution is 2.39. The SMILES string of the molecule is CCCc1ccc(OC2(CC(=O)OC)CCC2)cc1. The quantitative estimate of drug-likeness (QED) is 0.736. The van der Waals surface area contributed by atoms with Crippen LogP contribution in [0.4, 0.5) is 0 Å². The van der Waals surface area contributed by atoms with E-state index in [9.17, 15) is 4.79 Å². The molecule has 0 unspecified atom stereocenters. The van der Waals surface area contributed by atoms with E-state index in [1.807, 2.05) is 12.1 Å².